The fourth-order valence-electron chi connectivity index (χ4n) is 10.2. The number of benzene rings is 7. The van der Waals surface area contributed by atoms with Crippen molar-refractivity contribution in [1.29, 1.82) is 0 Å². The first-order valence-electron chi connectivity index (χ1n) is 27.2. The van der Waals surface area contributed by atoms with Crippen LogP contribution < -0.4 is 27.0 Å². The van der Waals surface area contributed by atoms with Gasteiger partial charge in [0.1, 0.15) is 17.1 Å². The standard InChI is InChI=1S/C17H15F3N2O.C17H14N2O4.C16H11FN2O3.C16H12N2O3/c1-10-8-11(6-7-14(10)17(18,19)20)9-15-12-4-2-3-5-13(12)16(23)22-21-15;1-23-15-7-6-10(8-13(15)17(21)22)9-14-11-4-2-3-5-12(11)16(20)19-18-14;17-13-6-5-9(7-12(13)16(21)22)8-14-10-3-1-2-4-11(10)15(20)19-18-14;19-15-13-7-2-1-6-12(13)14(17-18-15)9-10-4-3-5-11(8-10)16(20)21/h2-5,7-8,11H,6,9H2,1H3,(H,22,23);2-8H,9H2,1H3,(H,19,20)(H,21,22);1-7H,8H2,(H,19,20)(H,21,22);1-8H,9H2,(H,18,19)(H,20,21). The number of fused-ring (bicyclic) bond motifs is 4. The summed E-state index contributed by atoms with van der Waals surface area (Å²) in [4.78, 5) is 80.3. The third kappa shape index (κ3) is 14.8. The van der Waals surface area contributed by atoms with Crippen molar-refractivity contribution in [2.45, 2.75) is 45.2 Å². The number of aromatic nitrogens is 8. The van der Waals surface area contributed by atoms with Crippen LogP contribution in [0, 0.1) is 11.7 Å². The molecule has 23 heteroatoms. The summed E-state index contributed by atoms with van der Waals surface area (Å²) in [5.74, 6) is -3.88. The maximum absolute atomic E-state index is 13.4. The minimum absolute atomic E-state index is 0.0668. The molecule has 11 aromatic rings. The molecule has 0 spiro atoms. The Bertz CT molecular complexity index is 4840. The zero-order chi connectivity index (χ0) is 63.5. The summed E-state index contributed by atoms with van der Waals surface area (Å²) >= 11 is 0. The van der Waals surface area contributed by atoms with E-state index in [-0.39, 0.29) is 56.8 Å². The third-order valence-corrected chi connectivity index (χ3v) is 14.4. The second-order valence-electron chi connectivity index (χ2n) is 20.3. The van der Waals surface area contributed by atoms with Crippen molar-refractivity contribution in [3.05, 3.63) is 284 Å². The Morgan fingerprint density at radius 1 is 0.506 bits per heavy atom. The highest BCUT2D eigenvalue weighted by Crippen LogP contribution is 2.36. The van der Waals surface area contributed by atoms with Gasteiger partial charge in [-0.05, 0) is 109 Å². The molecule has 450 valence electrons. The lowest BCUT2D eigenvalue weighted by atomic mass is 9.87. The van der Waals surface area contributed by atoms with Crippen LogP contribution in [-0.4, -0.2) is 87.3 Å². The van der Waals surface area contributed by atoms with Crippen LogP contribution in [0.1, 0.15) is 83.9 Å². The number of aromatic carboxylic acids is 3. The number of aromatic amines is 4. The van der Waals surface area contributed by atoms with E-state index in [4.69, 9.17) is 14.9 Å². The predicted octanol–water partition coefficient (Wildman–Crippen LogP) is 10.7. The van der Waals surface area contributed by atoms with Crippen LogP contribution in [0.5, 0.6) is 5.75 Å². The number of alkyl halides is 3. The van der Waals surface area contributed by atoms with Crippen molar-refractivity contribution < 1.29 is 52.0 Å². The summed E-state index contributed by atoms with van der Waals surface area (Å²) in [6.45, 7) is 1.48. The number of H-pyrrole nitrogens is 4. The zero-order valence-corrected chi connectivity index (χ0v) is 47.2. The van der Waals surface area contributed by atoms with Crippen molar-refractivity contribution in [2.24, 2.45) is 5.92 Å². The molecule has 1 atom stereocenters. The van der Waals surface area contributed by atoms with Gasteiger partial charge in [0.15, 0.2) is 0 Å². The van der Waals surface area contributed by atoms with Crippen LogP contribution in [0.4, 0.5) is 17.6 Å². The first-order chi connectivity index (χ1) is 42.7. The highest BCUT2D eigenvalue weighted by Gasteiger charge is 2.36. The van der Waals surface area contributed by atoms with E-state index in [1.807, 2.05) is 42.5 Å². The molecule has 0 bridgehead atoms. The first-order valence-corrected chi connectivity index (χ1v) is 27.2. The van der Waals surface area contributed by atoms with Gasteiger partial charge in [0.05, 0.1) is 68.1 Å². The number of rotatable bonds is 12. The van der Waals surface area contributed by atoms with Crippen molar-refractivity contribution >= 4 is 61.0 Å². The SMILES string of the molecule is CC1=CC(Cc2n[nH]c(=O)c3ccccc23)CC=C1C(F)(F)F.COc1ccc(Cc2n[nH]c(=O)c3ccccc23)cc1C(=O)O.O=C(O)c1cc(Cc2n[nH]c(=O)c3ccccc23)ccc1F.O=C(O)c1cccc(Cc2n[nH]c(=O)c3ccccc23)c1. The van der Waals surface area contributed by atoms with Gasteiger partial charge in [-0.2, -0.15) is 33.6 Å². The first kappa shape index (κ1) is 62.1. The Hall–Kier alpha value is -11.5. The van der Waals surface area contributed by atoms with Crippen LogP contribution in [0.2, 0.25) is 0 Å². The Balaban J connectivity index is 0.000000141. The molecule has 19 nitrogen and oxygen atoms in total. The van der Waals surface area contributed by atoms with E-state index in [1.165, 1.54) is 32.2 Å². The van der Waals surface area contributed by atoms with Gasteiger partial charge in [-0.15, -0.1) is 0 Å². The predicted molar refractivity (Wildman–Crippen MR) is 324 cm³/mol. The summed E-state index contributed by atoms with van der Waals surface area (Å²) in [6.07, 6.45) is 0.516. The molecule has 4 heterocycles. The second kappa shape index (κ2) is 27.3. The summed E-state index contributed by atoms with van der Waals surface area (Å²) in [5.41, 5.74) is 3.49. The number of carbonyl (C=O) groups is 3. The molecular formula is C66H52F4N8O11. The van der Waals surface area contributed by atoms with Crippen LogP contribution in [0.15, 0.2) is 200 Å². The average molecular weight is 1210 g/mol. The van der Waals surface area contributed by atoms with E-state index in [0.29, 0.717) is 86.7 Å². The Morgan fingerprint density at radius 2 is 0.899 bits per heavy atom. The molecular weight excluding hydrogens is 1160 g/mol. The van der Waals surface area contributed by atoms with Gasteiger partial charge < -0.3 is 20.1 Å². The average Bonchev–Trinajstić information content (AvgIpc) is 3.59. The molecule has 1 aliphatic carbocycles. The van der Waals surface area contributed by atoms with Crippen molar-refractivity contribution in [1.82, 2.24) is 40.8 Å². The lowest BCUT2D eigenvalue weighted by Gasteiger charge is -2.21. The Labute approximate surface area is 500 Å². The maximum atomic E-state index is 13.4. The molecule has 7 aromatic carbocycles. The van der Waals surface area contributed by atoms with Gasteiger partial charge in [0.2, 0.25) is 0 Å². The zero-order valence-electron chi connectivity index (χ0n) is 47.2. The van der Waals surface area contributed by atoms with Crippen LogP contribution in [-0.2, 0) is 25.7 Å². The smallest absolute Gasteiger partial charge is 0.416 e. The van der Waals surface area contributed by atoms with E-state index in [1.54, 1.807) is 103 Å². The Morgan fingerprint density at radius 3 is 1.30 bits per heavy atom. The van der Waals surface area contributed by atoms with E-state index in [0.717, 1.165) is 33.4 Å². The monoisotopic (exact) mass is 1210 g/mol. The van der Waals surface area contributed by atoms with Gasteiger partial charge in [-0.1, -0.05) is 109 Å². The number of nitrogens with zero attached hydrogens (tertiary/aromatic N) is 4. The molecule has 12 rings (SSSR count). The molecule has 1 unspecified atom stereocenters. The maximum Gasteiger partial charge on any atom is 0.416 e. The van der Waals surface area contributed by atoms with Gasteiger partial charge in [0.25, 0.3) is 22.2 Å². The summed E-state index contributed by atoms with van der Waals surface area (Å²) in [7, 11) is 1.43. The molecule has 0 aliphatic heterocycles. The molecule has 4 aromatic heterocycles. The van der Waals surface area contributed by atoms with E-state index >= 15 is 0 Å². The van der Waals surface area contributed by atoms with Gasteiger partial charge in [-0.3, -0.25) is 19.2 Å². The highest BCUT2D eigenvalue weighted by atomic mass is 19.4. The minimum atomic E-state index is -4.31. The van der Waals surface area contributed by atoms with Crippen LogP contribution in [0.3, 0.4) is 0 Å². The number of carboxylic acid groups (broad SMARTS) is 3. The Kier molecular flexibility index (Phi) is 19.0. The minimum Gasteiger partial charge on any atom is -0.496 e. The van der Waals surface area contributed by atoms with E-state index in [9.17, 15) is 56.2 Å². The van der Waals surface area contributed by atoms with Crippen LogP contribution in [0.25, 0.3) is 43.1 Å². The number of hydrogen-bond donors (Lipinski definition) is 7. The van der Waals surface area contributed by atoms with Gasteiger partial charge in [-0.25, -0.2) is 39.2 Å². The molecule has 1 aliphatic rings. The quantitative estimate of drug-likeness (QED) is 0.0560. The normalized spacial score (nSPS) is 12.8. The lowest BCUT2D eigenvalue weighted by molar-refractivity contribution is -0.0899. The number of nitrogens with one attached hydrogen (secondary N) is 4. The number of halogens is 4. The highest BCUT2D eigenvalue weighted by molar-refractivity contribution is 5.92. The van der Waals surface area contributed by atoms with E-state index < -0.39 is 35.5 Å². The van der Waals surface area contributed by atoms with Gasteiger partial charge >= 0.3 is 24.1 Å². The van der Waals surface area contributed by atoms with Gasteiger partial charge in [0, 0.05) is 40.8 Å². The fourth-order valence-corrected chi connectivity index (χ4v) is 10.2. The second-order valence-corrected chi connectivity index (χ2v) is 20.3. The lowest BCUT2D eigenvalue weighted by Crippen LogP contribution is -2.18. The topological polar surface area (TPSA) is 304 Å². The van der Waals surface area contributed by atoms with Crippen molar-refractivity contribution in [3.8, 4) is 5.75 Å². The summed E-state index contributed by atoms with van der Waals surface area (Å²) in [5, 5.41) is 58.5. The summed E-state index contributed by atoms with van der Waals surface area (Å²) < 4.78 is 57.0. The third-order valence-electron chi connectivity index (χ3n) is 14.4. The summed E-state index contributed by atoms with van der Waals surface area (Å²) in [6, 6.07) is 44.1. The number of ether oxygens (including phenoxy) is 1. The number of methoxy groups -OCH3 is 1. The molecule has 89 heavy (non-hydrogen) atoms. The number of hydrogen-bond acceptors (Lipinski definition) is 12. The van der Waals surface area contributed by atoms with Crippen molar-refractivity contribution in [2.75, 3.05) is 7.11 Å². The van der Waals surface area contributed by atoms with Crippen molar-refractivity contribution in [3.63, 3.8) is 0 Å². The fraction of sp³-hybridized carbons (Fsp3) is 0.136. The molecule has 7 N–H and O–H groups in total. The number of allylic oxidation sites excluding steroid dienone is 4. The molecule has 0 saturated carbocycles. The molecule has 0 fully saturated rings. The molecule has 0 radical (unpaired) electrons. The van der Waals surface area contributed by atoms with Crippen LogP contribution >= 0.6 is 0 Å². The van der Waals surface area contributed by atoms with E-state index in [2.05, 4.69) is 40.8 Å². The largest absolute Gasteiger partial charge is 0.496 e. The molecule has 0 saturated heterocycles. The molecule has 0 amide bonds. The number of carboxylic acids is 3.